The number of rotatable bonds is 3. The SMILES string of the molecule is CC1=CCCN(S(=O)(=O)c2n[nH]c(C)c2CO)C1. The van der Waals surface area contributed by atoms with Crippen molar-refractivity contribution in [1.29, 1.82) is 0 Å². The van der Waals surface area contributed by atoms with E-state index in [1.165, 1.54) is 4.31 Å². The average Bonchev–Trinajstić information content (AvgIpc) is 2.71. The zero-order valence-electron chi connectivity index (χ0n) is 10.5. The van der Waals surface area contributed by atoms with Gasteiger partial charge in [0.25, 0.3) is 10.0 Å². The van der Waals surface area contributed by atoms with Crippen LogP contribution in [0.25, 0.3) is 0 Å². The summed E-state index contributed by atoms with van der Waals surface area (Å²) in [5.74, 6) is 0. The summed E-state index contributed by atoms with van der Waals surface area (Å²) in [6, 6.07) is 0. The van der Waals surface area contributed by atoms with Crippen LogP contribution < -0.4 is 0 Å². The number of nitrogens with zero attached hydrogens (tertiary/aromatic N) is 2. The molecule has 0 saturated carbocycles. The van der Waals surface area contributed by atoms with Crippen LogP contribution in [0, 0.1) is 6.92 Å². The van der Waals surface area contributed by atoms with E-state index in [1.54, 1.807) is 6.92 Å². The van der Waals surface area contributed by atoms with Crippen molar-refractivity contribution in [2.24, 2.45) is 0 Å². The van der Waals surface area contributed by atoms with Gasteiger partial charge in [0.15, 0.2) is 5.03 Å². The lowest BCUT2D eigenvalue weighted by atomic mass is 10.2. The molecule has 1 aliphatic rings. The third kappa shape index (κ3) is 2.21. The Labute approximate surface area is 106 Å². The van der Waals surface area contributed by atoms with E-state index < -0.39 is 10.0 Å². The molecule has 0 saturated heterocycles. The summed E-state index contributed by atoms with van der Waals surface area (Å²) >= 11 is 0. The van der Waals surface area contributed by atoms with E-state index in [2.05, 4.69) is 10.2 Å². The molecule has 6 nitrogen and oxygen atoms in total. The Hall–Kier alpha value is -1.18. The summed E-state index contributed by atoms with van der Waals surface area (Å²) in [6.45, 7) is 4.11. The highest BCUT2D eigenvalue weighted by Gasteiger charge is 2.31. The average molecular weight is 271 g/mol. The van der Waals surface area contributed by atoms with Crippen LogP contribution in [0.15, 0.2) is 16.7 Å². The largest absolute Gasteiger partial charge is 0.392 e. The van der Waals surface area contributed by atoms with Crippen LogP contribution in [-0.4, -0.2) is 41.1 Å². The highest BCUT2D eigenvalue weighted by molar-refractivity contribution is 7.89. The van der Waals surface area contributed by atoms with Gasteiger partial charge in [0, 0.05) is 24.3 Å². The lowest BCUT2D eigenvalue weighted by molar-refractivity contribution is 0.277. The fourth-order valence-corrected chi connectivity index (χ4v) is 3.69. The van der Waals surface area contributed by atoms with Gasteiger partial charge in [-0.15, -0.1) is 0 Å². The number of sulfonamides is 1. The Balaban J connectivity index is 2.39. The second kappa shape index (κ2) is 4.83. The molecule has 18 heavy (non-hydrogen) atoms. The summed E-state index contributed by atoms with van der Waals surface area (Å²) in [7, 11) is -3.63. The molecule has 0 aromatic carbocycles. The van der Waals surface area contributed by atoms with Gasteiger partial charge in [0.05, 0.1) is 6.61 Å². The molecule has 2 N–H and O–H groups in total. The van der Waals surface area contributed by atoms with E-state index in [1.807, 2.05) is 13.0 Å². The molecule has 0 atom stereocenters. The Morgan fingerprint density at radius 2 is 2.22 bits per heavy atom. The molecule has 0 aliphatic carbocycles. The second-order valence-corrected chi connectivity index (χ2v) is 6.32. The van der Waals surface area contributed by atoms with Crippen molar-refractivity contribution in [2.75, 3.05) is 13.1 Å². The number of nitrogens with one attached hydrogen (secondary N) is 1. The van der Waals surface area contributed by atoms with Crippen molar-refractivity contribution in [3.05, 3.63) is 22.9 Å². The van der Waals surface area contributed by atoms with Crippen LogP contribution in [0.5, 0.6) is 0 Å². The van der Waals surface area contributed by atoms with E-state index >= 15 is 0 Å². The lowest BCUT2D eigenvalue weighted by Crippen LogP contribution is -2.36. The number of H-pyrrole nitrogens is 1. The molecule has 2 heterocycles. The van der Waals surface area contributed by atoms with Crippen molar-refractivity contribution in [2.45, 2.75) is 31.9 Å². The van der Waals surface area contributed by atoms with Gasteiger partial charge in [0.1, 0.15) is 0 Å². The van der Waals surface area contributed by atoms with E-state index in [9.17, 15) is 13.5 Å². The van der Waals surface area contributed by atoms with Gasteiger partial charge in [-0.25, -0.2) is 8.42 Å². The van der Waals surface area contributed by atoms with Gasteiger partial charge in [-0.1, -0.05) is 11.6 Å². The van der Waals surface area contributed by atoms with Gasteiger partial charge in [-0.3, -0.25) is 5.10 Å². The molecule has 1 aromatic heterocycles. The Kier molecular flexibility index (Phi) is 3.56. The summed E-state index contributed by atoms with van der Waals surface area (Å²) in [5.41, 5.74) is 1.96. The summed E-state index contributed by atoms with van der Waals surface area (Å²) in [4.78, 5) is 0. The quantitative estimate of drug-likeness (QED) is 0.786. The van der Waals surface area contributed by atoms with E-state index in [-0.39, 0.29) is 11.6 Å². The summed E-state index contributed by atoms with van der Waals surface area (Å²) < 4.78 is 26.3. The maximum absolute atomic E-state index is 12.4. The number of aryl methyl sites for hydroxylation is 1. The Morgan fingerprint density at radius 3 is 2.83 bits per heavy atom. The maximum atomic E-state index is 12.4. The normalized spacial score (nSPS) is 17.8. The molecule has 2 rings (SSSR count). The summed E-state index contributed by atoms with van der Waals surface area (Å²) in [5, 5.41) is 15.6. The standard InChI is InChI=1S/C11H17N3O3S/c1-8-4-3-5-14(6-8)18(16,17)11-10(7-15)9(2)12-13-11/h4,15H,3,5-7H2,1-2H3,(H,12,13). The molecule has 0 unspecified atom stereocenters. The van der Waals surface area contributed by atoms with E-state index in [4.69, 9.17) is 0 Å². The zero-order valence-corrected chi connectivity index (χ0v) is 11.3. The molecular weight excluding hydrogens is 254 g/mol. The lowest BCUT2D eigenvalue weighted by Gasteiger charge is -2.24. The predicted octanol–water partition coefficient (Wildman–Crippen LogP) is 0.551. The van der Waals surface area contributed by atoms with Gasteiger partial charge >= 0.3 is 0 Å². The molecule has 0 radical (unpaired) electrons. The Morgan fingerprint density at radius 1 is 1.50 bits per heavy atom. The fourth-order valence-electron chi connectivity index (χ4n) is 2.03. The third-order valence-electron chi connectivity index (χ3n) is 3.08. The second-order valence-electron chi connectivity index (χ2n) is 4.47. The van der Waals surface area contributed by atoms with Gasteiger partial charge in [-0.2, -0.15) is 9.40 Å². The van der Waals surface area contributed by atoms with Gasteiger partial charge < -0.3 is 5.11 Å². The van der Waals surface area contributed by atoms with Crippen LogP contribution in [0.1, 0.15) is 24.6 Å². The fraction of sp³-hybridized carbons (Fsp3) is 0.545. The van der Waals surface area contributed by atoms with Crippen LogP contribution in [-0.2, 0) is 16.6 Å². The molecule has 100 valence electrons. The molecule has 0 fully saturated rings. The third-order valence-corrected chi connectivity index (χ3v) is 4.89. The Bertz CT molecular complexity index is 574. The minimum absolute atomic E-state index is 0.0581. The number of hydrogen-bond acceptors (Lipinski definition) is 4. The number of aromatic amines is 1. The minimum atomic E-state index is -3.63. The van der Waals surface area contributed by atoms with E-state index in [0.29, 0.717) is 30.8 Å². The molecule has 1 aliphatic heterocycles. The number of aliphatic hydroxyl groups excluding tert-OH is 1. The van der Waals surface area contributed by atoms with Crippen LogP contribution in [0.3, 0.4) is 0 Å². The van der Waals surface area contributed by atoms with Crippen LogP contribution in [0.2, 0.25) is 0 Å². The predicted molar refractivity (Wildman–Crippen MR) is 66.4 cm³/mol. The van der Waals surface area contributed by atoms with Crippen molar-refractivity contribution < 1.29 is 13.5 Å². The van der Waals surface area contributed by atoms with E-state index in [0.717, 1.165) is 5.57 Å². The first-order chi connectivity index (χ1) is 8.46. The number of aromatic nitrogens is 2. The van der Waals surface area contributed by atoms with Gasteiger partial charge in [-0.05, 0) is 20.3 Å². The maximum Gasteiger partial charge on any atom is 0.263 e. The summed E-state index contributed by atoms with van der Waals surface area (Å²) in [6.07, 6.45) is 2.75. The zero-order chi connectivity index (χ0) is 13.3. The minimum Gasteiger partial charge on any atom is -0.392 e. The molecular formula is C11H17N3O3S. The first-order valence-electron chi connectivity index (χ1n) is 5.77. The molecule has 1 aromatic rings. The molecule has 0 amide bonds. The van der Waals surface area contributed by atoms with Gasteiger partial charge in [0.2, 0.25) is 0 Å². The molecule has 7 heteroatoms. The highest BCUT2D eigenvalue weighted by Crippen LogP contribution is 2.23. The number of hydrogen-bond donors (Lipinski definition) is 2. The van der Waals surface area contributed by atoms with Crippen molar-refractivity contribution in [3.8, 4) is 0 Å². The molecule has 0 bridgehead atoms. The molecule has 0 spiro atoms. The first-order valence-corrected chi connectivity index (χ1v) is 7.21. The van der Waals surface area contributed by atoms with Crippen molar-refractivity contribution >= 4 is 10.0 Å². The number of aliphatic hydroxyl groups is 1. The van der Waals surface area contributed by atoms with Crippen LogP contribution in [0.4, 0.5) is 0 Å². The topological polar surface area (TPSA) is 86.3 Å². The monoisotopic (exact) mass is 271 g/mol. The van der Waals surface area contributed by atoms with Crippen LogP contribution >= 0.6 is 0 Å². The van der Waals surface area contributed by atoms with Crippen molar-refractivity contribution in [3.63, 3.8) is 0 Å². The first kappa shape index (κ1) is 13.3. The highest BCUT2D eigenvalue weighted by atomic mass is 32.2. The smallest absolute Gasteiger partial charge is 0.263 e. The van der Waals surface area contributed by atoms with Crippen molar-refractivity contribution in [1.82, 2.24) is 14.5 Å².